The fraction of sp³-hybridized carbons (Fsp3) is 0.235. The molecule has 3 rings (SSSR count). The number of aliphatic hydroxyl groups excluding tert-OH is 1. The van der Waals surface area contributed by atoms with Crippen LogP contribution in [0, 0.1) is 0 Å². The van der Waals surface area contributed by atoms with E-state index in [1.807, 2.05) is 24.3 Å². The van der Waals surface area contributed by atoms with Crippen LogP contribution in [0.3, 0.4) is 0 Å². The molecule has 0 saturated heterocycles. The van der Waals surface area contributed by atoms with Gasteiger partial charge in [-0.1, -0.05) is 35.9 Å². The Kier molecular flexibility index (Phi) is 4.41. The lowest BCUT2D eigenvalue weighted by molar-refractivity contribution is 0.144. The van der Waals surface area contributed by atoms with Crippen molar-refractivity contribution in [2.75, 3.05) is 12.4 Å². The molecule has 1 aliphatic rings. The number of carbonyl (C=O) groups is 1. The molecule has 0 aromatic heterocycles. The Labute approximate surface area is 139 Å². The van der Waals surface area contributed by atoms with Gasteiger partial charge in [0.2, 0.25) is 0 Å². The maximum Gasteiger partial charge on any atom is 0.319 e. The summed E-state index contributed by atoms with van der Waals surface area (Å²) in [5, 5.41) is 16.2. The van der Waals surface area contributed by atoms with Gasteiger partial charge in [-0.15, -0.1) is 0 Å². The predicted octanol–water partition coefficient (Wildman–Crippen LogP) is 3.13. The van der Waals surface area contributed by atoms with Gasteiger partial charge in [-0.2, -0.15) is 0 Å². The number of ether oxygens (including phenoxy) is 1. The normalized spacial score (nSPS) is 19.1. The van der Waals surface area contributed by atoms with Crippen molar-refractivity contribution in [1.29, 1.82) is 0 Å². The van der Waals surface area contributed by atoms with Crippen molar-refractivity contribution in [3.63, 3.8) is 0 Å². The summed E-state index contributed by atoms with van der Waals surface area (Å²) >= 11 is 5.95. The van der Waals surface area contributed by atoms with Crippen molar-refractivity contribution in [2.24, 2.45) is 0 Å². The molecule has 0 fully saturated rings. The molecule has 1 aliphatic carbocycles. The average molecular weight is 333 g/mol. The Hall–Kier alpha value is -2.24. The van der Waals surface area contributed by atoms with E-state index in [2.05, 4.69) is 10.6 Å². The number of amides is 2. The fourth-order valence-electron chi connectivity index (χ4n) is 2.83. The first-order chi connectivity index (χ1) is 11.1. The molecular weight excluding hydrogens is 316 g/mol. The molecule has 0 radical (unpaired) electrons. The summed E-state index contributed by atoms with van der Waals surface area (Å²) in [6.45, 7) is 0. The standard InChI is InChI=1S/C17H17ClN2O3/c1-23-15-7-6-11(18)9-13(15)19-17(22)20-16-12-5-3-2-4-10(12)8-14(16)21/h2-7,9,14,16,21H,8H2,1H3,(H2,19,20,22)/t14-,16+/m1/s1. The molecule has 0 unspecified atom stereocenters. The summed E-state index contributed by atoms with van der Waals surface area (Å²) in [7, 11) is 1.52. The highest BCUT2D eigenvalue weighted by Crippen LogP contribution is 2.32. The Morgan fingerprint density at radius 1 is 1.30 bits per heavy atom. The molecule has 0 bridgehead atoms. The van der Waals surface area contributed by atoms with Crippen molar-refractivity contribution in [1.82, 2.24) is 5.32 Å². The van der Waals surface area contributed by atoms with E-state index in [1.165, 1.54) is 7.11 Å². The van der Waals surface area contributed by atoms with E-state index in [9.17, 15) is 9.90 Å². The summed E-state index contributed by atoms with van der Waals surface area (Å²) < 4.78 is 5.20. The van der Waals surface area contributed by atoms with E-state index in [1.54, 1.807) is 18.2 Å². The average Bonchev–Trinajstić information content (AvgIpc) is 2.83. The summed E-state index contributed by atoms with van der Waals surface area (Å²) in [5.74, 6) is 0.511. The first kappa shape index (κ1) is 15.6. The topological polar surface area (TPSA) is 70.6 Å². The molecule has 3 N–H and O–H groups in total. The van der Waals surface area contributed by atoms with Crippen LogP contribution >= 0.6 is 11.6 Å². The molecule has 2 amide bonds. The van der Waals surface area contributed by atoms with Crippen LogP contribution in [0.1, 0.15) is 17.2 Å². The van der Waals surface area contributed by atoms with Crippen LogP contribution in [0.5, 0.6) is 5.75 Å². The first-order valence-corrected chi connectivity index (χ1v) is 7.63. The molecule has 0 heterocycles. The lowest BCUT2D eigenvalue weighted by atomic mass is 10.1. The maximum atomic E-state index is 12.3. The molecule has 2 aromatic carbocycles. The Morgan fingerprint density at radius 2 is 2.09 bits per heavy atom. The minimum Gasteiger partial charge on any atom is -0.495 e. The highest BCUT2D eigenvalue weighted by atomic mass is 35.5. The molecule has 120 valence electrons. The van der Waals surface area contributed by atoms with Crippen LogP contribution in [-0.4, -0.2) is 24.4 Å². The third-order valence-corrected chi connectivity index (χ3v) is 4.14. The van der Waals surface area contributed by atoms with Crippen molar-refractivity contribution < 1.29 is 14.6 Å². The number of hydrogen-bond acceptors (Lipinski definition) is 3. The molecule has 0 saturated carbocycles. The van der Waals surface area contributed by atoms with Crippen LogP contribution in [0.4, 0.5) is 10.5 Å². The smallest absolute Gasteiger partial charge is 0.319 e. The molecule has 2 aromatic rings. The minimum atomic E-state index is -0.639. The summed E-state index contributed by atoms with van der Waals surface area (Å²) in [5.41, 5.74) is 2.46. The summed E-state index contributed by atoms with van der Waals surface area (Å²) in [4.78, 5) is 12.3. The van der Waals surface area contributed by atoms with Crippen LogP contribution in [0.15, 0.2) is 42.5 Å². The number of rotatable bonds is 3. The van der Waals surface area contributed by atoms with E-state index in [4.69, 9.17) is 16.3 Å². The number of halogens is 1. The maximum absolute atomic E-state index is 12.3. The van der Waals surface area contributed by atoms with Crippen molar-refractivity contribution >= 4 is 23.3 Å². The number of anilines is 1. The Bertz CT molecular complexity index is 736. The summed E-state index contributed by atoms with van der Waals surface area (Å²) in [6.07, 6.45) is -0.110. The van der Waals surface area contributed by atoms with Gasteiger partial charge >= 0.3 is 6.03 Å². The third-order valence-electron chi connectivity index (χ3n) is 3.90. The number of aliphatic hydroxyl groups is 1. The number of hydrogen-bond donors (Lipinski definition) is 3. The largest absolute Gasteiger partial charge is 0.495 e. The van der Waals surface area contributed by atoms with E-state index in [0.717, 1.165) is 11.1 Å². The second-order valence-corrected chi connectivity index (χ2v) is 5.83. The number of urea groups is 1. The molecular formula is C17H17ClN2O3. The van der Waals surface area contributed by atoms with Crippen LogP contribution in [-0.2, 0) is 6.42 Å². The molecule has 2 atom stereocenters. The molecule has 6 heteroatoms. The van der Waals surface area contributed by atoms with Gasteiger partial charge in [0.05, 0.1) is 24.9 Å². The lowest BCUT2D eigenvalue weighted by Gasteiger charge is -2.19. The Balaban J connectivity index is 1.74. The van der Waals surface area contributed by atoms with Gasteiger partial charge in [-0.05, 0) is 29.3 Å². The molecule has 5 nitrogen and oxygen atoms in total. The highest BCUT2D eigenvalue weighted by Gasteiger charge is 2.31. The van der Waals surface area contributed by atoms with Gasteiger partial charge in [0.1, 0.15) is 5.75 Å². The number of carbonyl (C=O) groups excluding carboxylic acids is 1. The SMILES string of the molecule is COc1ccc(Cl)cc1NC(=O)N[C@H]1c2ccccc2C[C@H]1O. The van der Waals surface area contributed by atoms with Crippen molar-refractivity contribution in [3.05, 3.63) is 58.6 Å². The van der Waals surface area contributed by atoms with E-state index in [-0.39, 0.29) is 0 Å². The monoisotopic (exact) mass is 332 g/mol. The van der Waals surface area contributed by atoms with Crippen LogP contribution < -0.4 is 15.4 Å². The second-order valence-electron chi connectivity index (χ2n) is 5.39. The van der Waals surface area contributed by atoms with Gasteiger partial charge in [0.25, 0.3) is 0 Å². The first-order valence-electron chi connectivity index (χ1n) is 7.25. The number of methoxy groups -OCH3 is 1. The third kappa shape index (κ3) is 3.25. The van der Waals surface area contributed by atoms with Gasteiger partial charge in [-0.25, -0.2) is 4.79 Å². The highest BCUT2D eigenvalue weighted by molar-refractivity contribution is 6.31. The van der Waals surface area contributed by atoms with Gasteiger partial charge in [0, 0.05) is 11.4 Å². The van der Waals surface area contributed by atoms with Gasteiger partial charge in [0.15, 0.2) is 0 Å². The zero-order valence-corrected chi connectivity index (χ0v) is 13.3. The molecule has 0 spiro atoms. The number of fused-ring (bicyclic) bond motifs is 1. The zero-order chi connectivity index (χ0) is 16.4. The van der Waals surface area contributed by atoms with Crippen LogP contribution in [0.25, 0.3) is 0 Å². The van der Waals surface area contributed by atoms with Crippen LogP contribution in [0.2, 0.25) is 5.02 Å². The number of nitrogens with one attached hydrogen (secondary N) is 2. The quantitative estimate of drug-likeness (QED) is 0.808. The van der Waals surface area contributed by atoms with E-state index < -0.39 is 18.2 Å². The van der Waals surface area contributed by atoms with E-state index >= 15 is 0 Å². The predicted molar refractivity (Wildman–Crippen MR) is 89.1 cm³/mol. The number of benzene rings is 2. The van der Waals surface area contributed by atoms with Crippen molar-refractivity contribution in [3.8, 4) is 5.75 Å². The molecule has 0 aliphatic heterocycles. The Morgan fingerprint density at radius 3 is 2.87 bits per heavy atom. The summed E-state index contributed by atoms with van der Waals surface area (Å²) in [6, 6.07) is 11.8. The zero-order valence-electron chi connectivity index (χ0n) is 12.5. The molecule has 23 heavy (non-hydrogen) atoms. The van der Waals surface area contributed by atoms with E-state index in [0.29, 0.717) is 22.9 Å². The van der Waals surface area contributed by atoms with Gasteiger partial charge < -0.3 is 20.5 Å². The van der Waals surface area contributed by atoms with Gasteiger partial charge in [-0.3, -0.25) is 0 Å². The fourth-order valence-corrected chi connectivity index (χ4v) is 3.00. The minimum absolute atomic E-state index is 0.425. The lowest BCUT2D eigenvalue weighted by Crippen LogP contribution is -2.36. The second kappa shape index (κ2) is 6.48. The van der Waals surface area contributed by atoms with Crippen molar-refractivity contribution in [2.45, 2.75) is 18.6 Å².